The Bertz CT molecular complexity index is 903. The minimum absolute atomic E-state index is 0.0711. The summed E-state index contributed by atoms with van der Waals surface area (Å²) in [4.78, 5) is 0.156. The van der Waals surface area contributed by atoms with Crippen molar-refractivity contribution in [2.45, 2.75) is 49.6 Å². The molecule has 4 rings (SSSR count). The SMILES string of the molecule is Cc1nn(C)c(Cl)c1S(=O)(=O)N(C1CC1)C1CCc2ccccc21. The van der Waals surface area contributed by atoms with Gasteiger partial charge in [0, 0.05) is 13.1 Å². The molecule has 7 heteroatoms. The van der Waals surface area contributed by atoms with Crippen molar-refractivity contribution in [2.24, 2.45) is 7.05 Å². The van der Waals surface area contributed by atoms with Gasteiger partial charge in [-0.3, -0.25) is 4.68 Å². The highest BCUT2D eigenvalue weighted by Crippen LogP contribution is 2.46. The van der Waals surface area contributed by atoms with Gasteiger partial charge in [-0.2, -0.15) is 9.40 Å². The predicted octanol–water partition coefficient (Wildman–Crippen LogP) is 3.22. The van der Waals surface area contributed by atoms with E-state index in [1.165, 1.54) is 10.2 Å². The van der Waals surface area contributed by atoms with Crippen LogP contribution in [0.4, 0.5) is 0 Å². The minimum atomic E-state index is -3.69. The monoisotopic (exact) mass is 365 g/mol. The molecule has 1 heterocycles. The van der Waals surface area contributed by atoms with E-state index in [4.69, 9.17) is 11.6 Å². The van der Waals surface area contributed by atoms with Crippen molar-refractivity contribution < 1.29 is 8.42 Å². The lowest BCUT2D eigenvalue weighted by Crippen LogP contribution is -2.36. The number of hydrogen-bond donors (Lipinski definition) is 0. The van der Waals surface area contributed by atoms with Crippen molar-refractivity contribution in [3.05, 3.63) is 46.2 Å². The van der Waals surface area contributed by atoms with Gasteiger partial charge in [-0.15, -0.1) is 0 Å². The minimum Gasteiger partial charge on any atom is -0.255 e. The zero-order valence-corrected chi connectivity index (χ0v) is 15.3. The van der Waals surface area contributed by atoms with Gasteiger partial charge in [0.15, 0.2) is 0 Å². The predicted molar refractivity (Wildman–Crippen MR) is 92.5 cm³/mol. The van der Waals surface area contributed by atoms with Gasteiger partial charge in [0.2, 0.25) is 10.0 Å². The number of halogens is 1. The third-order valence-electron chi connectivity index (χ3n) is 4.95. The first-order chi connectivity index (χ1) is 11.4. The average molecular weight is 366 g/mol. The molecular formula is C17H20ClN3O2S. The molecule has 1 aromatic heterocycles. The highest BCUT2D eigenvalue weighted by atomic mass is 35.5. The third kappa shape index (κ3) is 2.39. The molecule has 0 saturated heterocycles. The van der Waals surface area contributed by atoms with Gasteiger partial charge in [0.25, 0.3) is 0 Å². The second-order valence-electron chi connectivity index (χ2n) is 6.65. The largest absolute Gasteiger partial charge is 0.255 e. The van der Waals surface area contributed by atoms with E-state index in [0.717, 1.165) is 31.2 Å². The molecule has 2 aliphatic rings. The lowest BCUT2D eigenvalue weighted by molar-refractivity contribution is 0.314. The standard InChI is InChI=1S/C17H20ClN3O2S/c1-11-16(17(18)20(2)19-11)24(22,23)21(13-8-9-13)15-10-7-12-5-3-4-6-14(12)15/h3-6,13,15H,7-10H2,1-2H3. The topological polar surface area (TPSA) is 55.2 Å². The quantitative estimate of drug-likeness (QED) is 0.835. The highest BCUT2D eigenvalue weighted by Gasteiger charge is 2.46. The fourth-order valence-corrected chi connectivity index (χ4v) is 6.35. The molecule has 1 unspecified atom stereocenters. The molecule has 0 spiro atoms. The van der Waals surface area contributed by atoms with Crippen LogP contribution in [0.1, 0.15) is 42.1 Å². The maximum Gasteiger partial charge on any atom is 0.248 e. The number of aromatic nitrogens is 2. The van der Waals surface area contributed by atoms with Crippen LogP contribution in [0, 0.1) is 6.92 Å². The summed E-state index contributed by atoms with van der Waals surface area (Å²) in [5.74, 6) is 0. The molecule has 2 aromatic rings. The van der Waals surface area contributed by atoms with Crippen LogP contribution in [0.15, 0.2) is 29.2 Å². The molecule has 24 heavy (non-hydrogen) atoms. The van der Waals surface area contributed by atoms with Crippen molar-refractivity contribution in [3.63, 3.8) is 0 Å². The molecule has 1 aromatic carbocycles. The second-order valence-corrected chi connectivity index (χ2v) is 8.79. The van der Waals surface area contributed by atoms with E-state index in [9.17, 15) is 8.42 Å². The molecule has 128 valence electrons. The number of aryl methyl sites for hydroxylation is 3. The Hall–Kier alpha value is -1.37. The summed E-state index contributed by atoms with van der Waals surface area (Å²) in [6, 6.07) is 8.11. The van der Waals surface area contributed by atoms with E-state index in [-0.39, 0.29) is 22.1 Å². The maximum absolute atomic E-state index is 13.5. The number of hydrogen-bond acceptors (Lipinski definition) is 3. The number of fused-ring (bicyclic) bond motifs is 1. The fraction of sp³-hybridized carbons (Fsp3) is 0.471. The molecule has 1 fully saturated rings. The van der Waals surface area contributed by atoms with E-state index in [1.54, 1.807) is 18.3 Å². The van der Waals surface area contributed by atoms with Gasteiger partial charge < -0.3 is 0 Å². The Morgan fingerprint density at radius 2 is 1.96 bits per heavy atom. The van der Waals surface area contributed by atoms with Crippen LogP contribution in [0.25, 0.3) is 0 Å². The summed E-state index contributed by atoms with van der Waals surface area (Å²) in [5.41, 5.74) is 2.84. The first-order valence-corrected chi connectivity index (χ1v) is 10.0. The Morgan fingerprint density at radius 1 is 1.25 bits per heavy atom. The van der Waals surface area contributed by atoms with Crippen LogP contribution in [0.5, 0.6) is 0 Å². The van der Waals surface area contributed by atoms with Crippen molar-refractivity contribution in [3.8, 4) is 0 Å². The summed E-state index contributed by atoms with van der Waals surface area (Å²) >= 11 is 6.27. The average Bonchev–Trinajstić information content (AvgIpc) is 3.20. The number of nitrogens with zero attached hydrogens (tertiary/aromatic N) is 3. The van der Waals surface area contributed by atoms with Gasteiger partial charge in [-0.05, 0) is 43.7 Å². The van der Waals surface area contributed by atoms with E-state index in [2.05, 4.69) is 17.2 Å². The molecule has 0 bridgehead atoms. The molecule has 0 radical (unpaired) electrons. The van der Waals surface area contributed by atoms with Crippen LogP contribution in [-0.2, 0) is 23.5 Å². The Kier molecular flexibility index (Phi) is 3.74. The number of sulfonamides is 1. The molecule has 5 nitrogen and oxygen atoms in total. The second kappa shape index (κ2) is 5.58. The van der Waals surface area contributed by atoms with Crippen LogP contribution >= 0.6 is 11.6 Å². The Balaban J connectivity index is 1.82. The first-order valence-electron chi connectivity index (χ1n) is 8.21. The van der Waals surface area contributed by atoms with Gasteiger partial charge >= 0.3 is 0 Å². The van der Waals surface area contributed by atoms with Crippen LogP contribution in [0.2, 0.25) is 5.15 Å². The van der Waals surface area contributed by atoms with Crippen molar-refractivity contribution >= 4 is 21.6 Å². The molecule has 2 aliphatic carbocycles. The zero-order valence-electron chi connectivity index (χ0n) is 13.7. The van der Waals surface area contributed by atoms with E-state index in [1.807, 2.05) is 12.1 Å². The summed E-state index contributed by atoms with van der Waals surface area (Å²) < 4.78 is 30.0. The van der Waals surface area contributed by atoms with Crippen LogP contribution in [0.3, 0.4) is 0 Å². The number of benzene rings is 1. The van der Waals surface area contributed by atoms with Gasteiger partial charge in [-0.25, -0.2) is 8.42 Å². The number of rotatable bonds is 4. The smallest absolute Gasteiger partial charge is 0.248 e. The van der Waals surface area contributed by atoms with Crippen molar-refractivity contribution in [1.82, 2.24) is 14.1 Å². The zero-order chi connectivity index (χ0) is 17.1. The molecular weight excluding hydrogens is 346 g/mol. The molecule has 0 amide bonds. The maximum atomic E-state index is 13.5. The normalized spacial score (nSPS) is 20.6. The lowest BCUT2D eigenvalue weighted by atomic mass is 10.1. The first kappa shape index (κ1) is 16.1. The molecule has 1 atom stereocenters. The summed E-state index contributed by atoms with van der Waals surface area (Å²) in [6.45, 7) is 1.70. The van der Waals surface area contributed by atoms with Gasteiger partial charge in [0.05, 0.1) is 11.7 Å². The van der Waals surface area contributed by atoms with Gasteiger partial charge in [-0.1, -0.05) is 35.9 Å². The third-order valence-corrected chi connectivity index (χ3v) is 7.61. The van der Waals surface area contributed by atoms with Crippen LogP contribution < -0.4 is 0 Å². The summed E-state index contributed by atoms with van der Waals surface area (Å²) in [7, 11) is -2.02. The van der Waals surface area contributed by atoms with Crippen molar-refractivity contribution in [1.29, 1.82) is 0 Å². The molecule has 0 aliphatic heterocycles. The highest BCUT2D eigenvalue weighted by molar-refractivity contribution is 7.89. The van der Waals surface area contributed by atoms with Gasteiger partial charge in [0.1, 0.15) is 10.0 Å². The Labute approximate surface area is 147 Å². The summed E-state index contributed by atoms with van der Waals surface area (Å²) in [5, 5.41) is 4.37. The van der Waals surface area contributed by atoms with Crippen molar-refractivity contribution in [2.75, 3.05) is 0 Å². The fourth-order valence-electron chi connectivity index (χ4n) is 3.76. The lowest BCUT2D eigenvalue weighted by Gasteiger charge is -2.29. The Morgan fingerprint density at radius 3 is 2.58 bits per heavy atom. The van der Waals surface area contributed by atoms with E-state index in [0.29, 0.717) is 5.69 Å². The van der Waals surface area contributed by atoms with Crippen LogP contribution in [-0.4, -0.2) is 28.5 Å². The molecule has 1 saturated carbocycles. The van der Waals surface area contributed by atoms with E-state index < -0.39 is 10.0 Å². The van der Waals surface area contributed by atoms with E-state index >= 15 is 0 Å². The molecule has 0 N–H and O–H groups in total. The summed E-state index contributed by atoms with van der Waals surface area (Å²) in [6.07, 6.45) is 3.56.